The van der Waals surface area contributed by atoms with Gasteiger partial charge in [0.15, 0.2) is 11.5 Å². The summed E-state index contributed by atoms with van der Waals surface area (Å²) in [5.74, 6) is 1.77. The highest BCUT2D eigenvalue weighted by Gasteiger charge is 2.32. The number of hydrogen-bond donors (Lipinski definition) is 3. The van der Waals surface area contributed by atoms with Crippen LogP contribution in [0.1, 0.15) is 41.4 Å². The van der Waals surface area contributed by atoms with Crippen LogP contribution in [0.5, 0.6) is 11.5 Å². The fourth-order valence-electron chi connectivity index (χ4n) is 4.40. The van der Waals surface area contributed by atoms with Gasteiger partial charge < -0.3 is 14.8 Å². The lowest BCUT2D eigenvalue weighted by Crippen LogP contribution is -2.49. The maximum absolute atomic E-state index is 12.5. The van der Waals surface area contributed by atoms with Crippen LogP contribution in [-0.2, 0) is 0 Å². The van der Waals surface area contributed by atoms with Crippen molar-refractivity contribution in [3.05, 3.63) is 53.9 Å². The summed E-state index contributed by atoms with van der Waals surface area (Å²) in [7, 11) is 0. The standard InChI is InChI=1S/C22H27N5O3/c28-22(16-4-5-19-20(11-16)30-14-29-19)24-13-15-6-9-27(10-7-15)21-12-18(25-26-21)17-3-1-2-8-23-17/h1-5,8,11,15,18,21,25-26H,6-7,9-10,12-14H2,(H,24,28). The fraction of sp³-hybridized carbons (Fsp3) is 0.455. The molecule has 158 valence electrons. The molecule has 1 aromatic carbocycles. The van der Waals surface area contributed by atoms with Crippen molar-refractivity contribution in [2.24, 2.45) is 5.92 Å². The van der Waals surface area contributed by atoms with E-state index < -0.39 is 0 Å². The van der Waals surface area contributed by atoms with Crippen LogP contribution < -0.4 is 25.6 Å². The van der Waals surface area contributed by atoms with E-state index in [0.717, 1.165) is 38.0 Å². The van der Waals surface area contributed by atoms with E-state index in [-0.39, 0.29) is 18.7 Å². The molecule has 5 rings (SSSR count). The number of carbonyl (C=O) groups is 1. The minimum Gasteiger partial charge on any atom is -0.454 e. The molecule has 2 saturated heterocycles. The number of rotatable bonds is 5. The second-order valence-electron chi connectivity index (χ2n) is 8.10. The molecule has 3 aliphatic rings. The van der Waals surface area contributed by atoms with Gasteiger partial charge in [-0.15, -0.1) is 0 Å². The van der Waals surface area contributed by atoms with Crippen molar-refractivity contribution in [1.82, 2.24) is 26.1 Å². The molecule has 2 aromatic rings. The predicted molar refractivity (Wildman–Crippen MR) is 111 cm³/mol. The van der Waals surface area contributed by atoms with Crippen molar-refractivity contribution in [3.63, 3.8) is 0 Å². The maximum atomic E-state index is 12.5. The molecule has 0 spiro atoms. The summed E-state index contributed by atoms with van der Waals surface area (Å²) in [5.41, 5.74) is 8.49. The summed E-state index contributed by atoms with van der Waals surface area (Å²) in [6, 6.07) is 11.6. The molecule has 30 heavy (non-hydrogen) atoms. The smallest absolute Gasteiger partial charge is 0.251 e. The summed E-state index contributed by atoms with van der Waals surface area (Å²) in [4.78, 5) is 19.4. The highest BCUT2D eigenvalue weighted by molar-refractivity contribution is 5.94. The Labute approximate surface area is 175 Å². The van der Waals surface area contributed by atoms with Crippen molar-refractivity contribution in [1.29, 1.82) is 0 Å². The van der Waals surface area contributed by atoms with Crippen molar-refractivity contribution < 1.29 is 14.3 Å². The van der Waals surface area contributed by atoms with Crippen LogP contribution in [0, 0.1) is 5.92 Å². The molecular weight excluding hydrogens is 382 g/mol. The Bertz CT molecular complexity index is 886. The molecule has 3 N–H and O–H groups in total. The molecule has 1 amide bonds. The van der Waals surface area contributed by atoms with E-state index in [2.05, 4.69) is 32.1 Å². The Kier molecular flexibility index (Phi) is 5.52. The molecule has 8 heteroatoms. The van der Waals surface area contributed by atoms with Gasteiger partial charge >= 0.3 is 0 Å². The Morgan fingerprint density at radius 3 is 2.83 bits per heavy atom. The third-order valence-electron chi connectivity index (χ3n) is 6.20. The van der Waals surface area contributed by atoms with Crippen LogP contribution >= 0.6 is 0 Å². The Morgan fingerprint density at radius 1 is 1.13 bits per heavy atom. The van der Waals surface area contributed by atoms with Crippen molar-refractivity contribution in [2.75, 3.05) is 26.4 Å². The van der Waals surface area contributed by atoms with Crippen molar-refractivity contribution in [2.45, 2.75) is 31.5 Å². The number of hydrazine groups is 1. The maximum Gasteiger partial charge on any atom is 0.251 e. The lowest BCUT2D eigenvalue weighted by Gasteiger charge is -2.35. The third kappa shape index (κ3) is 4.12. The molecule has 0 saturated carbocycles. The first-order chi connectivity index (χ1) is 14.8. The largest absolute Gasteiger partial charge is 0.454 e. The van der Waals surface area contributed by atoms with E-state index in [1.54, 1.807) is 18.2 Å². The van der Waals surface area contributed by atoms with E-state index in [1.807, 2.05) is 18.3 Å². The number of nitrogens with zero attached hydrogens (tertiary/aromatic N) is 2. The van der Waals surface area contributed by atoms with Crippen LogP contribution in [0.15, 0.2) is 42.6 Å². The normalized spacial score (nSPS) is 24.1. The van der Waals surface area contributed by atoms with Gasteiger partial charge in [0.2, 0.25) is 6.79 Å². The zero-order valence-corrected chi connectivity index (χ0v) is 16.8. The zero-order chi connectivity index (χ0) is 20.3. The fourth-order valence-corrected chi connectivity index (χ4v) is 4.40. The number of ether oxygens (including phenoxy) is 2. The summed E-state index contributed by atoms with van der Waals surface area (Å²) in [6.07, 6.45) is 5.32. The zero-order valence-electron chi connectivity index (χ0n) is 16.8. The highest BCUT2D eigenvalue weighted by Crippen LogP contribution is 2.32. The van der Waals surface area contributed by atoms with Gasteiger partial charge in [-0.05, 0) is 68.6 Å². The molecule has 3 aliphatic heterocycles. The van der Waals surface area contributed by atoms with Crippen LogP contribution in [-0.4, -0.2) is 48.4 Å². The predicted octanol–water partition coefficient (Wildman–Crippen LogP) is 1.82. The van der Waals surface area contributed by atoms with Gasteiger partial charge in [0.1, 0.15) is 0 Å². The van der Waals surface area contributed by atoms with Crippen LogP contribution in [0.3, 0.4) is 0 Å². The second-order valence-corrected chi connectivity index (χ2v) is 8.10. The van der Waals surface area contributed by atoms with Crippen molar-refractivity contribution >= 4 is 5.91 Å². The Morgan fingerprint density at radius 2 is 2.00 bits per heavy atom. The van der Waals surface area contributed by atoms with Gasteiger partial charge in [-0.3, -0.25) is 14.7 Å². The summed E-state index contributed by atoms with van der Waals surface area (Å²) >= 11 is 0. The number of benzene rings is 1. The number of hydrogen-bond acceptors (Lipinski definition) is 7. The number of pyridine rings is 1. The van der Waals surface area contributed by atoms with E-state index in [9.17, 15) is 4.79 Å². The Hall–Kier alpha value is -2.68. The first-order valence-electron chi connectivity index (χ1n) is 10.6. The summed E-state index contributed by atoms with van der Waals surface area (Å²) in [6.45, 7) is 2.97. The number of piperidine rings is 1. The van der Waals surface area contributed by atoms with Crippen LogP contribution in [0.4, 0.5) is 0 Å². The number of amides is 1. The molecule has 2 atom stereocenters. The molecule has 1 aromatic heterocycles. The average molecular weight is 409 g/mol. The van der Waals surface area contributed by atoms with Crippen molar-refractivity contribution in [3.8, 4) is 11.5 Å². The van der Waals surface area contributed by atoms with E-state index in [4.69, 9.17) is 9.47 Å². The quantitative estimate of drug-likeness (QED) is 0.694. The second kappa shape index (κ2) is 8.59. The first kappa shape index (κ1) is 19.3. The van der Waals surface area contributed by atoms with Gasteiger partial charge in [0, 0.05) is 18.3 Å². The van der Waals surface area contributed by atoms with Gasteiger partial charge in [0.05, 0.1) is 17.9 Å². The van der Waals surface area contributed by atoms with Gasteiger partial charge in [-0.25, -0.2) is 10.9 Å². The van der Waals surface area contributed by atoms with Crippen LogP contribution in [0.2, 0.25) is 0 Å². The van der Waals surface area contributed by atoms with E-state index in [0.29, 0.717) is 35.7 Å². The topological polar surface area (TPSA) is 87.8 Å². The monoisotopic (exact) mass is 409 g/mol. The minimum absolute atomic E-state index is 0.0596. The average Bonchev–Trinajstić information content (AvgIpc) is 3.48. The van der Waals surface area contributed by atoms with E-state index in [1.165, 1.54) is 0 Å². The summed E-state index contributed by atoms with van der Waals surface area (Å²) < 4.78 is 10.7. The SMILES string of the molecule is O=C(NCC1CCN(C2CC(c3ccccn3)NN2)CC1)c1ccc2c(c1)OCO2. The minimum atomic E-state index is -0.0596. The van der Waals surface area contributed by atoms with Gasteiger partial charge in [0.25, 0.3) is 5.91 Å². The lowest BCUT2D eigenvalue weighted by atomic mass is 9.95. The van der Waals surface area contributed by atoms with Gasteiger partial charge in [-0.2, -0.15) is 0 Å². The highest BCUT2D eigenvalue weighted by atomic mass is 16.7. The summed E-state index contributed by atoms with van der Waals surface area (Å²) in [5, 5.41) is 3.08. The molecule has 8 nitrogen and oxygen atoms in total. The molecule has 2 fully saturated rings. The Balaban J connectivity index is 1.07. The lowest BCUT2D eigenvalue weighted by molar-refractivity contribution is 0.0914. The molecule has 4 heterocycles. The number of fused-ring (bicyclic) bond motifs is 1. The molecular formula is C22H27N5O3. The van der Waals surface area contributed by atoms with Gasteiger partial charge in [-0.1, -0.05) is 6.07 Å². The molecule has 0 bridgehead atoms. The number of carbonyl (C=O) groups excluding carboxylic acids is 1. The number of aromatic nitrogens is 1. The van der Waals surface area contributed by atoms with Crippen LogP contribution in [0.25, 0.3) is 0 Å². The molecule has 0 aliphatic carbocycles. The molecule has 0 radical (unpaired) electrons. The first-order valence-corrected chi connectivity index (χ1v) is 10.6. The number of likely N-dealkylation sites (tertiary alicyclic amines) is 1. The molecule has 2 unspecified atom stereocenters. The third-order valence-corrected chi connectivity index (χ3v) is 6.20. The van der Waals surface area contributed by atoms with E-state index >= 15 is 0 Å². The number of nitrogens with one attached hydrogen (secondary N) is 3.